The lowest BCUT2D eigenvalue weighted by Gasteiger charge is -2.23. The fourth-order valence-corrected chi connectivity index (χ4v) is 3.60. The molecule has 3 nitrogen and oxygen atoms in total. The van der Waals surface area contributed by atoms with Crippen molar-refractivity contribution >= 4 is 16.9 Å². The quantitative estimate of drug-likeness (QED) is 0.863. The first-order chi connectivity index (χ1) is 9.81. The largest absolute Gasteiger partial charge is 0.493 e. The Morgan fingerprint density at radius 2 is 2.05 bits per heavy atom. The fraction of sp³-hybridized carbons (Fsp3) is 0.562. The van der Waals surface area contributed by atoms with Gasteiger partial charge < -0.3 is 10.1 Å². The van der Waals surface area contributed by atoms with Gasteiger partial charge in [0.2, 0.25) is 0 Å². The number of amidine groups is 1. The number of hydrogen-bond acceptors (Lipinski definition) is 4. The molecule has 4 heteroatoms. The van der Waals surface area contributed by atoms with Crippen molar-refractivity contribution in [1.29, 1.82) is 0 Å². The van der Waals surface area contributed by atoms with Crippen LogP contribution < -0.4 is 10.1 Å². The van der Waals surface area contributed by atoms with Crippen LogP contribution in [0, 0.1) is 6.92 Å². The Balaban J connectivity index is 1.39. The van der Waals surface area contributed by atoms with Crippen LogP contribution in [-0.4, -0.2) is 29.6 Å². The van der Waals surface area contributed by atoms with E-state index < -0.39 is 0 Å². The van der Waals surface area contributed by atoms with Crippen molar-refractivity contribution in [3.05, 3.63) is 29.8 Å². The van der Waals surface area contributed by atoms with Crippen molar-refractivity contribution in [3.63, 3.8) is 0 Å². The number of nitrogens with zero attached hydrogens (tertiary/aromatic N) is 1. The summed E-state index contributed by atoms with van der Waals surface area (Å²) in [5.74, 6) is 1.89. The number of nitrogens with one attached hydrogen (secondary N) is 1. The third-order valence-electron chi connectivity index (χ3n) is 3.93. The molecule has 0 unspecified atom stereocenters. The van der Waals surface area contributed by atoms with Gasteiger partial charge in [0.1, 0.15) is 5.75 Å². The minimum absolute atomic E-state index is 0.532. The molecular weight excluding hydrogens is 268 g/mol. The zero-order valence-electron chi connectivity index (χ0n) is 12.0. The van der Waals surface area contributed by atoms with E-state index in [4.69, 9.17) is 9.73 Å². The number of aryl methyl sites for hydroxylation is 1. The summed E-state index contributed by atoms with van der Waals surface area (Å²) < 4.78 is 5.74. The van der Waals surface area contributed by atoms with Crippen LogP contribution in [0.1, 0.15) is 31.2 Å². The Kier molecular flexibility index (Phi) is 4.51. The number of benzene rings is 1. The second kappa shape index (κ2) is 6.53. The summed E-state index contributed by atoms with van der Waals surface area (Å²) >= 11 is 1.79. The highest BCUT2D eigenvalue weighted by molar-refractivity contribution is 8.13. The smallest absolute Gasteiger partial charge is 0.157 e. The lowest BCUT2D eigenvalue weighted by Crippen LogP contribution is -2.36. The molecule has 0 aromatic heterocycles. The standard InChI is InChI=1S/C16H22N2OS/c1-12-6-8-13(9-7-12)19-10-11-20-16-17-14-4-2-3-5-15(14)18-16/h6-9,14-15H,2-5,10-11H2,1H3,(H,17,18)/t14-,15+. The zero-order valence-corrected chi connectivity index (χ0v) is 12.8. The molecule has 1 heterocycles. The number of rotatable bonds is 4. The van der Waals surface area contributed by atoms with Gasteiger partial charge in [-0.1, -0.05) is 42.3 Å². The van der Waals surface area contributed by atoms with Gasteiger partial charge in [-0.15, -0.1) is 0 Å². The highest BCUT2D eigenvalue weighted by Crippen LogP contribution is 2.26. The maximum atomic E-state index is 5.74. The van der Waals surface area contributed by atoms with Gasteiger partial charge in [-0.25, -0.2) is 0 Å². The predicted octanol–water partition coefficient (Wildman–Crippen LogP) is 3.38. The second-order valence-electron chi connectivity index (χ2n) is 5.55. The van der Waals surface area contributed by atoms with Crippen LogP contribution >= 0.6 is 11.8 Å². The molecule has 0 bridgehead atoms. The van der Waals surface area contributed by atoms with Crippen molar-refractivity contribution in [2.45, 2.75) is 44.7 Å². The first-order valence-electron chi connectivity index (χ1n) is 7.48. The van der Waals surface area contributed by atoms with E-state index in [1.54, 1.807) is 11.8 Å². The summed E-state index contributed by atoms with van der Waals surface area (Å²) in [6, 6.07) is 9.35. The Bertz CT molecular complexity index is 472. The van der Waals surface area contributed by atoms with E-state index in [9.17, 15) is 0 Å². The fourth-order valence-electron chi connectivity index (χ4n) is 2.79. The van der Waals surface area contributed by atoms with E-state index in [2.05, 4.69) is 24.4 Å². The van der Waals surface area contributed by atoms with E-state index in [0.717, 1.165) is 23.3 Å². The van der Waals surface area contributed by atoms with E-state index in [0.29, 0.717) is 12.1 Å². The summed E-state index contributed by atoms with van der Waals surface area (Å²) in [4.78, 5) is 4.78. The molecule has 0 saturated heterocycles. The minimum atomic E-state index is 0.532. The predicted molar refractivity (Wildman–Crippen MR) is 85.7 cm³/mol. The van der Waals surface area contributed by atoms with Crippen molar-refractivity contribution in [3.8, 4) is 5.75 Å². The third kappa shape index (κ3) is 3.48. The van der Waals surface area contributed by atoms with E-state index >= 15 is 0 Å². The molecule has 2 aliphatic rings. The summed E-state index contributed by atoms with van der Waals surface area (Å²) in [5.41, 5.74) is 1.26. The van der Waals surface area contributed by atoms with Crippen molar-refractivity contribution in [2.24, 2.45) is 4.99 Å². The van der Waals surface area contributed by atoms with Crippen LogP contribution in [0.25, 0.3) is 0 Å². The molecule has 2 atom stereocenters. The number of fused-ring (bicyclic) bond motifs is 1. The van der Waals surface area contributed by atoms with Gasteiger partial charge in [-0.2, -0.15) is 0 Å². The average molecular weight is 290 g/mol. The van der Waals surface area contributed by atoms with E-state index in [1.165, 1.54) is 31.2 Å². The van der Waals surface area contributed by atoms with E-state index in [-0.39, 0.29) is 0 Å². The molecule has 0 spiro atoms. The molecule has 3 rings (SSSR count). The molecule has 108 valence electrons. The molecular formula is C16H22N2OS. The molecule has 0 amide bonds. The Labute approximate surface area is 125 Å². The molecule has 0 radical (unpaired) electrons. The SMILES string of the molecule is Cc1ccc(OCCSC2=N[C@@H]3CCCC[C@@H]3N2)cc1. The molecule has 1 aliphatic heterocycles. The molecule has 20 heavy (non-hydrogen) atoms. The van der Waals surface area contributed by atoms with Gasteiger partial charge in [-0.05, 0) is 31.9 Å². The summed E-state index contributed by atoms with van der Waals surface area (Å²) in [6.45, 7) is 2.81. The van der Waals surface area contributed by atoms with Crippen LogP contribution in [0.5, 0.6) is 5.75 Å². The highest BCUT2D eigenvalue weighted by atomic mass is 32.2. The lowest BCUT2D eigenvalue weighted by atomic mass is 9.92. The Morgan fingerprint density at radius 3 is 2.85 bits per heavy atom. The van der Waals surface area contributed by atoms with Crippen LogP contribution in [0.4, 0.5) is 0 Å². The normalized spacial score (nSPS) is 24.8. The molecule has 1 saturated carbocycles. The first-order valence-corrected chi connectivity index (χ1v) is 8.46. The van der Waals surface area contributed by atoms with E-state index in [1.807, 2.05) is 12.1 Å². The van der Waals surface area contributed by atoms with Gasteiger partial charge in [0.15, 0.2) is 5.17 Å². The van der Waals surface area contributed by atoms with Crippen LogP contribution in [0.3, 0.4) is 0 Å². The maximum Gasteiger partial charge on any atom is 0.157 e. The summed E-state index contributed by atoms with van der Waals surface area (Å²) in [6.07, 6.45) is 5.21. The lowest BCUT2D eigenvalue weighted by molar-refractivity contribution is 0.344. The molecule has 1 aliphatic carbocycles. The number of hydrogen-bond donors (Lipinski definition) is 1. The third-order valence-corrected chi connectivity index (χ3v) is 4.80. The van der Waals surface area contributed by atoms with Gasteiger partial charge in [0.05, 0.1) is 18.7 Å². The Hall–Kier alpha value is -1.16. The number of ether oxygens (including phenoxy) is 1. The Morgan fingerprint density at radius 1 is 1.25 bits per heavy atom. The van der Waals surface area contributed by atoms with Gasteiger partial charge in [0, 0.05) is 5.75 Å². The second-order valence-corrected chi connectivity index (χ2v) is 6.63. The average Bonchev–Trinajstić information content (AvgIpc) is 2.88. The van der Waals surface area contributed by atoms with Crippen LogP contribution in [0.15, 0.2) is 29.3 Å². The van der Waals surface area contributed by atoms with Crippen molar-refractivity contribution in [2.75, 3.05) is 12.4 Å². The van der Waals surface area contributed by atoms with Crippen LogP contribution in [0.2, 0.25) is 0 Å². The molecule has 1 fully saturated rings. The van der Waals surface area contributed by atoms with Crippen molar-refractivity contribution < 1.29 is 4.74 Å². The summed E-state index contributed by atoms with van der Waals surface area (Å²) in [5, 5.41) is 4.68. The zero-order chi connectivity index (χ0) is 13.8. The van der Waals surface area contributed by atoms with Crippen molar-refractivity contribution in [1.82, 2.24) is 5.32 Å². The molecule has 1 N–H and O–H groups in total. The highest BCUT2D eigenvalue weighted by Gasteiger charge is 2.30. The first kappa shape index (κ1) is 13.8. The summed E-state index contributed by atoms with van der Waals surface area (Å²) in [7, 11) is 0. The number of aliphatic imine (C=N–C) groups is 1. The number of thioether (sulfide) groups is 1. The molecule has 1 aromatic carbocycles. The monoisotopic (exact) mass is 290 g/mol. The minimum Gasteiger partial charge on any atom is -0.493 e. The molecule has 1 aromatic rings. The van der Waals surface area contributed by atoms with Gasteiger partial charge in [-0.3, -0.25) is 4.99 Å². The topological polar surface area (TPSA) is 33.6 Å². The van der Waals surface area contributed by atoms with Gasteiger partial charge >= 0.3 is 0 Å². The maximum absolute atomic E-state index is 5.74. The van der Waals surface area contributed by atoms with Gasteiger partial charge in [0.25, 0.3) is 0 Å². The van der Waals surface area contributed by atoms with Crippen LogP contribution in [-0.2, 0) is 0 Å².